The van der Waals surface area contributed by atoms with Gasteiger partial charge in [-0.25, -0.2) is 0 Å². The largest absolute Gasteiger partial charge is 0.497 e. The summed E-state index contributed by atoms with van der Waals surface area (Å²) in [5.41, 5.74) is 1.76. The Morgan fingerprint density at radius 1 is 1.00 bits per heavy atom. The third-order valence-corrected chi connectivity index (χ3v) is 3.19. The normalized spacial score (nSPS) is 10.1. The Bertz CT molecular complexity index is 576. The maximum absolute atomic E-state index is 12.3. The van der Waals surface area contributed by atoms with Crippen molar-refractivity contribution < 1.29 is 14.3 Å². The van der Waals surface area contributed by atoms with Gasteiger partial charge < -0.3 is 9.47 Å². The highest BCUT2D eigenvalue weighted by molar-refractivity contribution is 5.99. The van der Waals surface area contributed by atoms with E-state index < -0.39 is 0 Å². The molecule has 0 heterocycles. The lowest BCUT2D eigenvalue weighted by Gasteiger charge is -2.09. The number of ether oxygens (including phenoxy) is 2. The fourth-order valence-corrected chi connectivity index (χ4v) is 2.07. The van der Waals surface area contributed by atoms with Crippen LogP contribution in [0, 0.1) is 0 Å². The molecule has 0 saturated carbocycles. The number of hydrogen-bond donors (Lipinski definition) is 0. The van der Waals surface area contributed by atoms with E-state index in [2.05, 4.69) is 0 Å². The van der Waals surface area contributed by atoms with Crippen molar-refractivity contribution in [2.24, 2.45) is 0 Å². The number of benzene rings is 2. The maximum atomic E-state index is 12.3. The van der Waals surface area contributed by atoms with Crippen molar-refractivity contribution in [3.05, 3.63) is 59.7 Å². The van der Waals surface area contributed by atoms with Crippen LogP contribution in [0.1, 0.15) is 22.3 Å². The van der Waals surface area contributed by atoms with Crippen molar-refractivity contribution in [1.82, 2.24) is 0 Å². The number of rotatable bonds is 6. The van der Waals surface area contributed by atoms with Gasteiger partial charge in [0.1, 0.15) is 11.5 Å². The summed E-state index contributed by atoms with van der Waals surface area (Å²) < 4.78 is 10.4. The number of Topliss-reactive ketones (excluding diaryl/α,β-unsaturated/α-hetero) is 1. The minimum Gasteiger partial charge on any atom is -0.497 e. The highest BCUT2D eigenvalue weighted by atomic mass is 16.5. The topological polar surface area (TPSA) is 35.5 Å². The zero-order valence-corrected chi connectivity index (χ0v) is 11.8. The standard InChI is InChI=1S/C17H18O3/c1-19-14-9-10-15(17(12-14)20-2)16(18)11-8-13-6-4-3-5-7-13/h3-7,9-10,12H,8,11H2,1-2H3. The van der Waals surface area contributed by atoms with Gasteiger partial charge in [-0.05, 0) is 24.1 Å². The summed E-state index contributed by atoms with van der Waals surface area (Å²) in [4.78, 5) is 12.3. The van der Waals surface area contributed by atoms with Gasteiger partial charge >= 0.3 is 0 Å². The molecule has 0 aromatic heterocycles. The van der Waals surface area contributed by atoms with Crippen molar-refractivity contribution in [3.63, 3.8) is 0 Å². The zero-order valence-electron chi connectivity index (χ0n) is 11.8. The van der Waals surface area contributed by atoms with E-state index in [1.54, 1.807) is 32.4 Å². The van der Waals surface area contributed by atoms with Gasteiger partial charge in [0.15, 0.2) is 5.78 Å². The number of aryl methyl sites for hydroxylation is 1. The summed E-state index contributed by atoms with van der Waals surface area (Å²) in [5, 5.41) is 0. The van der Waals surface area contributed by atoms with E-state index in [0.717, 1.165) is 12.0 Å². The third kappa shape index (κ3) is 3.38. The summed E-state index contributed by atoms with van der Waals surface area (Å²) in [7, 11) is 3.15. The van der Waals surface area contributed by atoms with E-state index in [9.17, 15) is 4.79 Å². The number of carbonyl (C=O) groups excluding carboxylic acids is 1. The van der Waals surface area contributed by atoms with E-state index in [1.165, 1.54) is 0 Å². The molecular weight excluding hydrogens is 252 g/mol. The second-order valence-corrected chi connectivity index (χ2v) is 4.47. The van der Waals surface area contributed by atoms with Crippen LogP contribution >= 0.6 is 0 Å². The monoisotopic (exact) mass is 270 g/mol. The van der Waals surface area contributed by atoms with Crippen LogP contribution in [-0.2, 0) is 6.42 Å². The van der Waals surface area contributed by atoms with Crippen LogP contribution < -0.4 is 9.47 Å². The lowest BCUT2D eigenvalue weighted by atomic mass is 10.0. The van der Waals surface area contributed by atoms with Crippen LogP contribution in [0.3, 0.4) is 0 Å². The Hall–Kier alpha value is -2.29. The molecular formula is C17H18O3. The number of hydrogen-bond acceptors (Lipinski definition) is 3. The molecule has 0 aliphatic rings. The molecule has 3 heteroatoms. The van der Waals surface area contributed by atoms with Crippen LogP contribution in [0.25, 0.3) is 0 Å². The number of ketones is 1. The van der Waals surface area contributed by atoms with Crippen LogP contribution in [0.5, 0.6) is 11.5 Å². The molecule has 3 nitrogen and oxygen atoms in total. The van der Waals surface area contributed by atoms with Crippen LogP contribution in [-0.4, -0.2) is 20.0 Å². The highest BCUT2D eigenvalue weighted by Gasteiger charge is 2.13. The molecule has 0 amide bonds. The molecule has 20 heavy (non-hydrogen) atoms. The first-order valence-electron chi connectivity index (χ1n) is 6.53. The van der Waals surface area contributed by atoms with E-state index >= 15 is 0 Å². The smallest absolute Gasteiger partial charge is 0.166 e. The molecule has 0 N–H and O–H groups in total. The van der Waals surface area contributed by atoms with Gasteiger partial charge in [0.25, 0.3) is 0 Å². The Balaban J connectivity index is 2.09. The Morgan fingerprint density at radius 2 is 1.75 bits per heavy atom. The molecule has 2 aromatic rings. The predicted octanol–water partition coefficient (Wildman–Crippen LogP) is 3.52. The zero-order chi connectivity index (χ0) is 14.4. The molecule has 0 aliphatic carbocycles. The van der Waals surface area contributed by atoms with Crippen molar-refractivity contribution in [2.75, 3.05) is 14.2 Å². The molecule has 0 spiro atoms. The summed E-state index contributed by atoms with van der Waals surface area (Å²) >= 11 is 0. The molecule has 0 saturated heterocycles. The van der Waals surface area contributed by atoms with E-state index in [4.69, 9.17) is 9.47 Å². The Labute approximate surface area is 119 Å². The quantitative estimate of drug-likeness (QED) is 0.753. The van der Waals surface area contributed by atoms with Crippen molar-refractivity contribution in [2.45, 2.75) is 12.8 Å². The average Bonchev–Trinajstić information content (AvgIpc) is 2.52. The second-order valence-electron chi connectivity index (χ2n) is 4.47. The van der Waals surface area contributed by atoms with Crippen LogP contribution in [0.2, 0.25) is 0 Å². The van der Waals surface area contributed by atoms with Crippen molar-refractivity contribution in [1.29, 1.82) is 0 Å². The van der Waals surface area contributed by atoms with Gasteiger partial charge in [0, 0.05) is 12.5 Å². The molecule has 0 unspecified atom stereocenters. The summed E-state index contributed by atoms with van der Waals surface area (Å²) in [6.45, 7) is 0. The number of carbonyl (C=O) groups is 1. The molecule has 0 radical (unpaired) electrons. The van der Waals surface area contributed by atoms with Crippen LogP contribution in [0.4, 0.5) is 0 Å². The fourth-order valence-electron chi connectivity index (χ4n) is 2.07. The highest BCUT2D eigenvalue weighted by Crippen LogP contribution is 2.26. The third-order valence-electron chi connectivity index (χ3n) is 3.19. The van der Waals surface area contributed by atoms with Gasteiger partial charge in [-0.1, -0.05) is 30.3 Å². The summed E-state index contributed by atoms with van der Waals surface area (Å²) in [6, 6.07) is 15.2. The van der Waals surface area contributed by atoms with Gasteiger partial charge in [0.05, 0.1) is 19.8 Å². The van der Waals surface area contributed by atoms with Crippen molar-refractivity contribution in [3.8, 4) is 11.5 Å². The fraction of sp³-hybridized carbons (Fsp3) is 0.235. The minimum absolute atomic E-state index is 0.0772. The molecule has 2 aromatic carbocycles. The predicted molar refractivity (Wildman–Crippen MR) is 78.6 cm³/mol. The maximum Gasteiger partial charge on any atom is 0.166 e. The van der Waals surface area contributed by atoms with Crippen LogP contribution in [0.15, 0.2) is 48.5 Å². The average molecular weight is 270 g/mol. The van der Waals surface area contributed by atoms with Crippen molar-refractivity contribution >= 4 is 5.78 Å². The van der Waals surface area contributed by atoms with Gasteiger partial charge in [-0.2, -0.15) is 0 Å². The van der Waals surface area contributed by atoms with Gasteiger partial charge in [0.2, 0.25) is 0 Å². The van der Waals surface area contributed by atoms with E-state index in [-0.39, 0.29) is 5.78 Å². The Kier molecular flexibility index (Phi) is 4.77. The van der Waals surface area contributed by atoms with Gasteiger partial charge in [-0.3, -0.25) is 4.79 Å². The summed E-state index contributed by atoms with van der Waals surface area (Å²) in [6.07, 6.45) is 1.20. The van der Waals surface area contributed by atoms with Gasteiger partial charge in [-0.15, -0.1) is 0 Å². The van der Waals surface area contributed by atoms with E-state index in [0.29, 0.717) is 23.5 Å². The molecule has 2 rings (SSSR count). The SMILES string of the molecule is COc1ccc(C(=O)CCc2ccccc2)c(OC)c1. The first-order valence-corrected chi connectivity index (χ1v) is 6.53. The van der Waals surface area contributed by atoms with E-state index in [1.807, 2.05) is 30.3 Å². The lowest BCUT2D eigenvalue weighted by molar-refractivity contribution is 0.0980. The Morgan fingerprint density at radius 3 is 2.40 bits per heavy atom. The lowest BCUT2D eigenvalue weighted by Crippen LogP contribution is -2.04. The summed E-state index contributed by atoms with van der Waals surface area (Å²) in [5.74, 6) is 1.32. The molecule has 0 aliphatic heterocycles. The number of methoxy groups -OCH3 is 2. The first-order chi connectivity index (χ1) is 9.74. The first kappa shape index (κ1) is 14.1. The molecule has 0 bridgehead atoms. The molecule has 0 atom stereocenters. The molecule has 104 valence electrons. The molecule has 0 fully saturated rings. The second kappa shape index (κ2) is 6.75. The minimum atomic E-state index is 0.0772.